The lowest BCUT2D eigenvalue weighted by Crippen LogP contribution is -2.30. The molecular formula is C17H18N2O5S. The molecule has 0 aromatic heterocycles. The Labute approximate surface area is 146 Å². The van der Waals surface area contributed by atoms with Crippen LogP contribution in [0.3, 0.4) is 0 Å². The summed E-state index contributed by atoms with van der Waals surface area (Å²) in [5, 5.41) is 10.9. The van der Waals surface area contributed by atoms with Crippen LogP contribution in [-0.2, 0) is 10.0 Å². The number of ether oxygens (including phenoxy) is 1. The smallest absolute Gasteiger partial charge is 0.270 e. The average molecular weight is 362 g/mol. The molecule has 0 N–H and O–H groups in total. The fourth-order valence-corrected chi connectivity index (χ4v) is 4.80. The second kappa shape index (κ2) is 6.81. The van der Waals surface area contributed by atoms with Crippen molar-refractivity contribution in [2.75, 3.05) is 13.7 Å². The van der Waals surface area contributed by atoms with Crippen LogP contribution >= 0.6 is 0 Å². The number of nitrogens with zero attached hydrogens (tertiary/aromatic N) is 2. The summed E-state index contributed by atoms with van der Waals surface area (Å²) in [7, 11) is -2.24. The molecule has 25 heavy (non-hydrogen) atoms. The molecule has 7 nitrogen and oxygen atoms in total. The number of hydrogen-bond donors (Lipinski definition) is 0. The first-order valence-electron chi connectivity index (χ1n) is 7.84. The summed E-state index contributed by atoms with van der Waals surface area (Å²) in [5.41, 5.74) is 0.647. The molecule has 0 bridgehead atoms. The quantitative estimate of drug-likeness (QED) is 0.602. The highest BCUT2D eigenvalue weighted by atomic mass is 32.2. The minimum Gasteiger partial charge on any atom is -0.497 e. The Morgan fingerprint density at radius 2 is 1.92 bits per heavy atom. The molecule has 2 aromatic rings. The van der Waals surface area contributed by atoms with Gasteiger partial charge in [0.15, 0.2) is 0 Å². The van der Waals surface area contributed by atoms with E-state index in [1.165, 1.54) is 22.5 Å². The molecule has 1 atom stereocenters. The lowest BCUT2D eigenvalue weighted by atomic mass is 10.1. The van der Waals surface area contributed by atoms with Crippen LogP contribution in [-0.4, -0.2) is 31.3 Å². The molecule has 3 rings (SSSR count). The predicted molar refractivity (Wildman–Crippen MR) is 92.0 cm³/mol. The van der Waals surface area contributed by atoms with E-state index in [0.29, 0.717) is 18.7 Å². The van der Waals surface area contributed by atoms with Gasteiger partial charge in [-0.15, -0.1) is 0 Å². The molecule has 2 aromatic carbocycles. The first-order valence-corrected chi connectivity index (χ1v) is 9.28. The van der Waals surface area contributed by atoms with Gasteiger partial charge in [0.1, 0.15) is 5.75 Å². The van der Waals surface area contributed by atoms with Crippen LogP contribution in [0.5, 0.6) is 5.75 Å². The van der Waals surface area contributed by atoms with E-state index in [4.69, 9.17) is 4.74 Å². The summed E-state index contributed by atoms with van der Waals surface area (Å²) in [4.78, 5) is 10.3. The molecule has 0 radical (unpaired) electrons. The van der Waals surface area contributed by atoms with Gasteiger partial charge in [0.05, 0.1) is 23.0 Å². The van der Waals surface area contributed by atoms with Gasteiger partial charge in [-0.1, -0.05) is 18.2 Å². The monoisotopic (exact) mass is 362 g/mol. The molecule has 1 fully saturated rings. The summed E-state index contributed by atoms with van der Waals surface area (Å²) in [6.07, 6.45) is 1.45. The van der Waals surface area contributed by atoms with E-state index >= 15 is 0 Å². The van der Waals surface area contributed by atoms with Crippen molar-refractivity contribution in [3.63, 3.8) is 0 Å². The summed E-state index contributed by atoms with van der Waals surface area (Å²) >= 11 is 0. The molecule has 1 saturated heterocycles. The largest absolute Gasteiger partial charge is 0.497 e. The topological polar surface area (TPSA) is 89.8 Å². The maximum absolute atomic E-state index is 13.0. The van der Waals surface area contributed by atoms with Crippen LogP contribution in [0.2, 0.25) is 0 Å². The highest BCUT2D eigenvalue weighted by Gasteiger charge is 2.36. The van der Waals surface area contributed by atoms with Gasteiger partial charge in [0, 0.05) is 18.7 Å². The van der Waals surface area contributed by atoms with Gasteiger partial charge in [-0.3, -0.25) is 10.1 Å². The van der Waals surface area contributed by atoms with Crippen molar-refractivity contribution >= 4 is 15.7 Å². The fraction of sp³-hybridized carbons (Fsp3) is 0.294. The van der Waals surface area contributed by atoms with E-state index in [-0.39, 0.29) is 16.6 Å². The van der Waals surface area contributed by atoms with Crippen molar-refractivity contribution in [2.24, 2.45) is 0 Å². The standard InChI is InChI=1S/C17H18N2O5S/c1-24-15-9-7-13(8-10-15)17-6-3-11-18(17)25(22,23)16-5-2-4-14(12-16)19(20)21/h2,4-5,7-10,12,17H,3,6,11H2,1H3/t17-/m1/s1. The maximum atomic E-state index is 13.0. The molecule has 1 aliphatic heterocycles. The van der Waals surface area contributed by atoms with E-state index in [9.17, 15) is 18.5 Å². The van der Waals surface area contributed by atoms with E-state index in [0.717, 1.165) is 18.1 Å². The van der Waals surface area contributed by atoms with Gasteiger partial charge < -0.3 is 4.74 Å². The Bertz CT molecular complexity index is 880. The molecule has 1 aliphatic rings. The minimum absolute atomic E-state index is 0.0536. The van der Waals surface area contributed by atoms with Gasteiger partial charge in [0.2, 0.25) is 10.0 Å². The first-order chi connectivity index (χ1) is 11.9. The SMILES string of the molecule is COc1ccc([C@H]2CCCN2S(=O)(=O)c2cccc([N+](=O)[O-])c2)cc1. The molecule has 1 heterocycles. The molecule has 0 aliphatic carbocycles. The van der Waals surface area contributed by atoms with Gasteiger partial charge in [-0.25, -0.2) is 8.42 Å². The number of rotatable bonds is 5. The van der Waals surface area contributed by atoms with Crippen molar-refractivity contribution in [2.45, 2.75) is 23.8 Å². The van der Waals surface area contributed by atoms with Crippen LogP contribution in [0.4, 0.5) is 5.69 Å². The van der Waals surface area contributed by atoms with E-state index < -0.39 is 14.9 Å². The Balaban J connectivity index is 1.95. The van der Waals surface area contributed by atoms with Crippen molar-refractivity contribution in [1.29, 1.82) is 0 Å². The first kappa shape index (κ1) is 17.4. The second-order valence-corrected chi connectivity index (χ2v) is 7.69. The maximum Gasteiger partial charge on any atom is 0.270 e. The lowest BCUT2D eigenvalue weighted by molar-refractivity contribution is -0.385. The van der Waals surface area contributed by atoms with Gasteiger partial charge in [-0.05, 0) is 36.6 Å². The molecule has 0 unspecified atom stereocenters. The van der Waals surface area contributed by atoms with Crippen molar-refractivity contribution < 1.29 is 18.1 Å². The third-order valence-electron chi connectivity index (χ3n) is 4.34. The normalized spacial score (nSPS) is 18.2. The van der Waals surface area contributed by atoms with Gasteiger partial charge >= 0.3 is 0 Å². The third-order valence-corrected chi connectivity index (χ3v) is 6.24. The van der Waals surface area contributed by atoms with E-state index in [2.05, 4.69) is 0 Å². The predicted octanol–water partition coefficient (Wildman–Crippen LogP) is 3.13. The lowest BCUT2D eigenvalue weighted by Gasteiger charge is -2.24. The van der Waals surface area contributed by atoms with E-state index in [1.807, 2.05) is 12.1 Å². The minimum atomic E-state index is -3.81. The zero-order valence-corrected chi connectivity index (χ0v) is 14.5. The number of non-ortho nitro benzene ring substituents is 1. The van der Waals surface area contributed by atoms with Crippen LogP contribution in [0.15, 0.2) is 53.4 Å². The molecule has 0 saturated carbocycles. The number of benzene rings is 2. The highest BCUT2D eigenvalue weighted by Crippen LogP contribution is 2.37. The highest BCUT2D eigenvalue weighted by molar-refractivity contribution is 7.89. The van der Waals surface area contributed by atoms with Crippen molar-refractivity contribution in [1.82, 2.24) is 4.31 Å². The van der Waals surface area contributed by atoms with Gasteiger partial charge in [0.25, 0.3) is 5.69 Å². The summed E-state index contributed by atoms with van der Waals surface area (Å²) in [5.74, 6) is 0.704. The number of nitro groups is 1. The van der Waals surface area contributed by atoms with E-state index in [1.54, 1.807) is 19.2 Å². The third kappa shape index (κ3) is 3.35. The van der Waals surface area contributed by atoms with Crippen LogP contribution in [0, 0.1) is 10.1 Å². The Kier molecular flexibility index (Phi) is 4.73. The van der Waals surface area contributed by atoms with Crippen LogP contribution in [0.25, 0.3) is 0 Å². The second-order valence-electron chi connectivity index (χ2n) is 5.80. The van der Waals surface area contributed by atoms with Gasteiger partial charge in [-0.2, -0.15) is 4.31 Å². The van der Waals surface area contributed by atoms with Crippen LogP contribution in [0.1, 0.15) is 24.4 Å². The molecule has 0 amide bonds. The van der Waals surface area contributed by atoms with Crippen molar-refractivity contribution in [3.05, 3.63) is 64.2 Å². The zero-order chi connectivity index (χ0) is 18.0. The zero-order valence-electron chi connectivity index (χ0n) is 13.7. The number of nitro benzene ring substituents is 1. The molecule has 132 valence electrons. The average Bonchev–Trinajstić information content (AvgIpc) is 3.12. The number of hydrogen-bond acceptors (Lipinski definition) is 5. The number of methoxy groups -OCH3 is 1. The summed E-state index contributed by atoms with van der Waals surface area (Å²) in [6.45, 7) is 0.391. The Morgan fingerprint density at radius 1 is 1.20 bits per heavy atom. The number of sulfonamides is 1. The Morgan fingerprint density at radius 3 is 2.56 bits per heavy atom. The molecule has 0 spiro atoms. The molecular weight excluding hydrogens is 344 g/mol. The fourth-order valence-electron chi connectivity index (χ4n) is 3.08. The molecule has 8 heteroatoms. The summed E-state index contributed by atoms with van der Waals surface area (Å²) < 4.78 is 32.5. The Hall–Kier alpha value is -2.45. The van der Waals surface area contributed by atoms with Crippen molar-refractivity contribution in [3.8, 4) is 5.75 Å². The van der Waals surface area contributed by atoms with Crippen LogP contribution < -0.4 is 4.74 Å². The summed E-state index contributed by atoms with van der Waals surface area (Å²) in [6, 6.07) is 12.2.